The van der Waals surface area contributed by atoms with Crippen molar-refractivity contribution in [2.24, 2.45) is 0 Å². The lowest BCUT2D eigenvalue weighted by Gasteiger charge is -2.03. The Balaban J connectivity index is 1.66. The Bertz CT molecular complexity index is 1070. The molecule has 4 rings (SSSR count). The van der Waals surface area contributed by atoms with E-state index in [1.54, 1.807) is 30.5 Å². The van der Waals surface area contributed by atoms with Gasteiger partial charge in [0.1, 0.15) is 11.5 Å². The van der Waals surface area contributed by atoms with Crippen LogP contribution < -0.4 is 5.56 Å². The predicted octanol–water partition coefficient (Wildman–Crippen LogP) is 2.63. The number of benzene rings is 1. The summed E-state index contributed by atoms with van der Waals surface area (Å²) >= 11 is 0. The number of halogens is 1. The molecule has 0 fully saturated rings. The van der Waals surface area contributed by atoms with E-state index in [9.17, 15) is 9.18 Å². The molecule has 0 amide bonds. The van der Waals surface area contributed by atoms with Gasteiger partial charge in [0.2, 0.25) is 0 Å². The van der Waals surface area contributed by atoms with Crippen LogP contribution in [0.3, 0.4) is 0 Å². The lowest BCUT2D eigenvalue weighted by Crippen LogP contribution is -2.21. The van der Waals surface area contributed by atoms with Crippen molar-refractivity contribution in [1.29, 1.82) is 0 Å². The molecule has 118 valence electrons. The molecule has 0 saturated carbocycles. The van der Waals surface area contributed by atoms with E-state index in [1.165, 1.54) is 29.2 Å². The van der Waals surface area contributed by atoms with Crippen LogP contribution in [0.5, 0.6) is 0 Å². The van der Waals surface area contributed by atoms with E-state index in [4.69, 9.17) is 4.52 Å². The predicted molar refractivity (Wildman–Crippen MR) is 84.8 cm³/mol. The van der Waals surface area contributed by atoms with Crippen molar-refractivity contribution < 1.29 is 8.91 Å². The summed E-state index contributed by atoms with van der Waals surface area (Å²) in [5, 5.41) is 4.40. The molecule has 0 N–H and O–H groups in total. The fourth-order valence-corrected chi connectivity index (χ4v) is 2.43. The molecular weight excluding hydrogens is 311 g/mol. The smallest absolute Gasteiger partial charge is 0.263 e. The maximum atomic E-state index is 13.0. The van der Waals surface area contributed by atoms with Gasteiger partial charge >= 0.3 is 0 Å². The van der Waals surface area contributed by atoms with E-state index < -0.39 is 0 Å². The highest BCUT2D eigenvalue weighted by Gasteiger charge is 2.10. The van der Waals surface area contributed by atoms with Gasteiger partial charge in [-0.2, -0.15) is 0 Å². The highest BCUT2D eigenvalue weighted by atomic mass is 19.1. The topological polar surface area (TPSA) is 73.8 Å². The second-order valence-corrected chi connectivity index (χ2v) is 5.26. The van der Waals surface area contributed by atoms with Gasteiger partial charge in [-0.3, -0.25) is 14.3 Å². The number of pyridine rings is 1. The molecule has 0 unspecified atom stereocenters. The summed E-state index contributed by atoms with van der Waals surface area (Å²) in [7, 11) is 0. The number of rotatable bonds is 3. The van der Waals surface area contributed by atoms with Crippen LogP contribution in [0.15, 0.2) is 64.4 Å². The summed E-state index contributed by atoms with van der Waals surface area (Å²) in [5.41, 5.74) is 1.71. The van der Waals surface area contributed by atoms with E-state index in [-0.39, 0.29) is 17.9 Å². The van der Waals surface area contributed by atoms with E-state index >= 15 is 0 Å². The zero-order chi connectivity index (χ0) is 16.5. The van der Waals surface area contributed by atoms with Crippen LogP contribution >= 0.6 is 0 Å². The quantitative estimate of drug-likeness (QED) is 0.580. The van der Waals surface area contributed by atoms with Crippen LogP contribution in [0.4, 0.5) is 4.39 Å². The third kappa shape index (κ3) is 2.56. The lowest BCUT2D eigenvalue weighted by atomic mass is 10.1. The van der Waals surface area contributed by atoms with E-state index in [0.29, 0.717) is 22.4 Å². The Morgan fingerprint density at radius 1 is 1.17 bits per heavy atom. The number of hydrogen-bond donors (Lipinski definition) is 0. The van der Waals surface area contributed by atoms with Crippen molar-refractivity contribution in [3.05, 3.63) is 77.1 Å². The SMILES string of the molecule is O=c1c2cnccc2ncn1Cc1cc(-c2ccc(F)cc2)no1. The van der Waals surface area contributed by atoms with E-state index in [2.05, 4.69) is 15.1 Å². The number of hydrogen-bond acceptors (Lipinski definition) is 5. The van der Waals surface area contributed by atoms with Crippen molar-refractivity contribution in [3.63, 3.8) is 0 Å². The van der Waals surface area contributed by atoms with Crippen LogP contribution in [0.25, 0.3) is 22.2 Å². The lowest BCUT2D eigenvalue weighted by molar-refractivity contribution is 0.376. The Labute approximate surface area is 135 Å². The second kappa shape index (κ2) is 5.69. The molecule has 1 aromatic carbocycles. The molecule has 3 heterocycles. The van der Waals surface area contributed by atoms with E-state index in [0.717, 1.165) is 5.56 Å². The Morgan fingerprint density at radius 3 is 2.83 bits per heavy atom. The molecular formula is C17H11FN4O2. The molecule has 0 aliphatic heterocycles. The summed E-state index contributed by atoms with van der Waals surface area (Å²) in [5.74, 6) is 0.186. The molecule has 4 aromatic rings. The molecule has 6 nitrogen and oxygen atoms in total. The average molecular weight is 322 g/mol. The molecule has 0 aliphatic rings. The second-order valence-electron chi connectivity index (χ2n) is 5.26. The molecule has 24 heavy (non-hydrogen) atoms. The fourth-order valence-electron chi connectivity index (χ4n) is 2.43. The van der Waals surface area contributed by atoms with Gasteiger partial charge in [0.25, 0.3) is 5.56 Å². The normalized spacial score (nSPS) is 11.0. The highest BCUT2D eigenvalue weighted by Crippen LogP contribution is 2.19. The number of aromatic nitrogens is 4. The van der Waals surface area contributed by atoms with E-state index in [1.807, 2.05) is 0 Å². The fraction of sp³-hybridized carbons (Fsp3) is 0.0588. The molecule has 0 aliphatic carbocycles. The van der Waals surface area contributed by atoms with Crippen LogP contribution in [0.1, 0.15) is 5.76 Å². The van der Waals surface area contributed by atoms with Crippen LogP contribution in [-0.2, 0) is 6.54 Å². The minimum atomic E-state index is -0.315. The minimum Gasteiger partial charge on any atom is -0.359 e. The van der Waals surface area contributed by atoms with Crippen molar-refractivity contribution in [3.8, 4) is 11.3 Å². The van der Waals surface area contributed by atoms with Gasteiger partial charge in [-0.1, -0.05) is 5.16 Å². The summed E-state index contributed by atoms with van der Waals surface area (Å²) in [6, 6.07) is 9.34. The molecule has 0 spiro atoms. The van der Waals surface area contributed by atoms with Gasteiger partial charge in [0.15, 0.2) is 5.76 Å². The summed E-state index contributed by atoms with van der Waals surface area (Å²) in [6.07, 6.45) is 4.54. The monoisotopic (exact) mass is 322 g/mol. The molecule has 3 aromatic heterocycles. The zero-order valence-electron chi connectivity index (χ0n) is 12.4. The van der Waals surface area contributed by atoms with Crippen molar-refractivity contribution in [2.75, 3.05) is 0 Å². The van der Waals surface area contributed by atoms with Crippen LogP contribution in [0.2, 0.25) is 0 Å². The summed E-state index contributed by atoms with van der Waals surface area (Å²) in [6.45, 7) is 0.199. The summed E-state index contributed by atoms with van der Waals surface area (Å²) in [4.78, 5) is 20.6. The third-order valence-electron chi connectivity index (χ3n) is 3.65. The maximum Gasteiger partial charge on any atom is 0.263 e. The van der Waals surface area contributed by atoms with Gasteiger partial charge in [0, 0.05) is 24.0 Å². The van der Waals surface area contributed by atoms with Crippen molar-refractivity contribution >= 4 is 10.9 Å². The van der Waals surface area contributed by atoms with Crippen LogP contribution in [0, 0.1) is 5.82 Å². The summed E-state index contributed by atoms with van der Waals surface area (Å²) < 4.78 is 19.7. The first-order chi connectivity index (χ1) is 11.7. The average Bonchev–Trinajstić information content (AvgIpc) is 3.07. The largest absolute Gasteiger partial charge is 0.359 e. The van der Waals surface area contributed by atoms with Gasteiger partial charge in [0.05, 0.1) is 23.8 Å². The molecule has 0 radical (unpaired) electrons. The van der Waals surface area contributed by atoms with Crippen molar-refractivity contribution in [2.45, 2.75) is 6.54 Å². The molecule has 7 heteroatoms. The highest BCUT2D eigenvalue weighted by molar-refractivity contribution is 5.75. The minimum absolute atomic E-state index is 0.199. The number of fused-ring (bicyclic) bond motifs is 1. The first-order valence-electron chi connectivity index (χ1n) is 7.21. The molecule has 0 bridgehead atoms. The molecule has 0 atom stereocenters. The standard InChI is InChI=1S/C17H11FN4O2/c18-12-3-1-11(2-4-12)16-7-13(24-21-16)9-22-10-20-15-5-6-19-8-14(15)17(22)23/h1-8,10H,9H2. The zero-order valence-corrected chi connectivity index (χ0v) is 12.4. The molecule has 0 saturated heterocycles. The Hall–Kier alpha value is -3.35. The first kappa shape index (κ1) is 14.3. The first-order valence-corrected chi connectivity index (χ1v) is 7.21. The third-order valence-corrected chi connectivity index (χ3v) is 3.65. The van der Waals surface area contributed by atoms with Gasteiger partial charge in [-0.15, -0.1) is 0 Å². The Kier molecular flexibility index (Phi) is 3.38. The van der Waals surface area contributed by atoms with Gasteiger partial charge in [-0.05, 0) is 30.3 Å². The van der Waals surface area contributed by atoms with Crippen molar-refractivity contribution in [1.82, 2.24) is 19.7 Å². The number of nitrogens with zero attached hydrogens (tertiary/aromatic N) is 4. The van der Waals surface area contributed by atoms with Crippen LogP contribution in [-0.4, -0.2) is 19.7 Å². The Morgan fingerprint density at radius 2 is 2.00 bits per heavy atom. The van der Waals surface area contributed by atoms with Gasteiger partial charge in [-0.25, -0.2) is 9.37 Å². The maximum absolute atomic E-state index is 13.0. The van der Waals surface area contributed by atoms with Gasteiger partial charge < -0.3 is 4.52 Å².